The molecule has 0 bridgehead atoms. The van der Waals surface area contributed by atoms with Crippen LogP contribution in [0.4, 0.5) is 4.79 Å². The SMILES string of the molecule is CCCOC(=O)OC(C(C)C)C(C)CC. The molecule has 0 saturated carbocycles. The van der Waals surface area contributed by atoms with E-state index in [4.69, 9.17) is 9.47 Å². The predicted octanol–water partition coefficient (Wildman–Crippen LogP) is 3.62. The van der Waals surface area contributed by atoms with Crippen LogP contribution in [0.15, 0.2) is 0 Å². The molecule has 2 atom stereocenters. The summed E-state index contributed by atoms with van der Waals surface area (Å²) in [5.41, 5.74) is 0. The van der Waals surface area contributed by atoms with Gasteiger partial charge in [-0.1, -0.05) is 41.0 Å². The maximum atomic E-state index is 11.3. The minimum absolute atomic E-state index is 0.0423. The Morgan fingerprint density at radius 1 is 1.20 bits per heavy atom. The van der Waals surface area contributed by atoms with Crippen molar-refractivity contribution in [2.24, 2.45) is 11.8 Å². The molecule has 0 amide bonds. The van der Waals surface area contributed by atoms with Gasteiger partial charge in [-0.15, -0.1) is 0 Å². The molecule has 0 radical (unpaired) electrons. The summed E-state index contributed by atoms with van der Waals surface area (Å²) in [7, 11) is 0. The van der Waals surface area contributed by atoms with Gasteiger partial charge in [0.2, 0.25) is 0 Å². The molecule has 0 spiro atoms. The fourth-order valence-corrected chi connectivity index (χ4v) is 1.47. The van der Waals surface area contributed by atoms with E-state index in [1.807, 2.05) is 6.92 Å². The van der Waals surface area contributed by atoms with Crippen LogP contribution in [0.25, 0.3) is 0 Å². The van der Waals surface area contributed by atoms with Crippen LogP contribution >= 0.6 is 0 Å². The van der Waals surface area contributed by atoms with Crippen LogP contribution in [0, 0.1) is 11.8 Å². The van der Waals surface area contributed by atoms with Crippen LogP contribution in [-0.4, -0.2) is 18.9 Å². The molecule has 0 aliphatic carbocycles. The van der Waals surface area contributed by atoms with E-state index < -0.39 is 6.16 Å². The van der Waals surface area contributed by atoms with Crippen molar-refractivity contribution >= 4 is 6.16 Å². The average molecular weight is 216 g/mol. The summed E-state index contributed by atoms with van der Waals surface area (Å²) in [5, 5.41) is 0. The van der Waals surface area contributed by atoms with E-state index in [0.717, 1.165) is 12.8 Å². The van der Waals surface area contributed by atoms with Crippen LogP contribution in [0.1, 0.15) is 47.5 Å². The summed E-state index contributed by atoms with van der Waals surface area (Å²) in [6, 6.07) is 0. The molecule has 90 valence electrons. The first-order valence-electron chi connectivity index (χ1n) is 5.86. The van der Waals surface area contributed by atoms with Gasteiger partial charge in [-0.05, 0) is 18.3 Å². The van der Waals surface area contributed by atoms with Gasteiger partial charge in [-0.3, -0.25) is 0 Å². The van der Waals surface area contributed by atoms with Crippen LogP contribution < -0.4 is 0 Å². The molecule has 0 aliphatic rings. The maximum Gasteiger partial charge on any atom is 0.508 e. The predicted molar refractivity (Wildman–Crippen MR) is 60.8 cm³/mol. The highest BCUT2D eigenvalue weighted by atomic mass is 16.7. The second-order valence-corrected chi connectivity index (χ2v) is 4.31. The second kappa shape index (κ2) is 7.55. The molecule has 0 fully saturated rings. The van der Waals surface area contributed by atoms with Gasteiger partial charge >= 0.3 is 6.16 Å². The molecule has 2 unspecified atom stereocenters. The minimum Gasteiger partial charge on any atom is -0.434 e. The van der Waals surface area contributed by atoms with Crippen LogP contribution in [-0.2, 0) is 9.47 Å². The zero-order valence-electron chi connectivity index (χ0n) is 10.6. The molecule has 3 nitrogen and oxygen atoms in total. The first-order valence-corrected chi connectivity index (χ1v) is 5.86. The number of ether oxygens (including phenoxy) is 2. The van der Waals surface area contributed by atoms with E-state index in [9.17, 15) is 4.79 Å². The lowest BCUT2D eigenvalue weighted by Crippen LogP contribution is -2.30. The van der Waals surface area contributed by atoms with Gasteiger partial charge in [-0.25, -0.2) is 4.79 Å². The zero-order chi connectivity index (χ0) is 11.8. The van der Waals surface area contributed by atoms with E-state index in [1.165, 1.54) is 0 Å². The highest BCUT2D eigenvalue weighted by molar-refractivity contribution is 5.60. The topological polar surface area (TPSA) is 35.5 Å². The Balaban J connectivity index is 4.10. The molecular formula is C12H24O3. The van der Waals surface area contributed by atoms with E-state index in [2.05, 4.69) is 27.7 Å². The summed E-state index contributed by atoms with van der Waals surface area (Å²) >= 11 is 0. The van der Waals surface area contributed by atoms with E-state index in [0.29, 0.717) is 18.4 Å². The molecule has 0 aromatic heterocycles. The smallest absolute Gasteiger partial charge is 0.434 e. The lowest BCUT2D eigenvalue weighted by Gasteiger charge is -2.26. The number of carbonyl (C=O) groups excluding carboxylic acids is 1. The van der Waals surface area contributed by atoms with Crippen LogP contribution in [0.3, 0.4) is 0 Å². The van der Waals surface area contributed by atoms with Gasteiger partial charge in [-0.2, -0.15) is 0 Å². The number of rotatable bonds is 6. The first-order chi connectivity index (χ1) is 7.02. The van der Waals surface area contributed by atoms with Crippen molar-refractivity contribution in [1.29, 1.82) is 0 Å². The van der Waals surface area contributed by atoms with Crippen molar-refractivity contribution < 1.29 is 14.3 Å². The van der Waals surface area contributed by atoms with Crippen molar-refractivity contribution in [1.82, 2.24) is 0 Å². The molecular weight excluding hydrogens is 192 g/mol. The average Bonchev–Trinajstić information content (AvgIpc) is 2.21. The van der Waals surface area contributed by atoms with Crippen molar-refractivity contribution in [3.05, 3.63) is 0 Å². The lowest BCUT2D eigenvalue weighted by atomic mass is 9.93. The molecule has 0 rings (SSSR count). The Labute approximate surface area is 93.1 Å². The van der Waals surface area contributed by atoms with Gasteiger partial charge in [0.25, 0.3) is 0 Å². The number of hydrogen-bond donors (Lipinski definition) is 0. The molecule has 0 aromatic carbocycles. The summed E-state index contributed by atoms with van der Waals surface area (Å²) in [4.78, 5) is 11.3. The maximum absolute atomic E-state index is 11.3. The van der Waals surface area contributed by atoms with Gasteiger partial charge in [0, 0.05) is 0 Å². The van der Waals surface area contributed by atoms with Crippen molar-refractivity contribution in [3.63, 3.8) is 0 Å². The molecule has 15 heavy (non-hydrogen) atoms. The van der Waals surface area contributed by atoms with Crippen molar-refractivity contribution in [2.45, 2.75) is 53.6 Å². The van der Waals surface area contributed by atoms with Gasteiger partial charge in [0.1, 0.15) is 6.10 Å². The van der Waals surface area contributed by atoms with Gasteiger partial charge < -0.3 is 9.47 Å². The standard InChI is InChI=1S/C12H24O3/c1-6-8-14-12(13)15-11(9(3)4)10(5)7-2/h9-11H,6-8H2,1-5H3. The third-order valence-electron chi connectivity index (χ3n) is 2.52. The lowest BCUT2D eigenvalue weighted by molar-refractivity contribution is -0.0142. The number of carbonyl (C=O) groups is 1. The molecule has 3 heteroatoms. The Kier molecular flexibility index (Phi) is 7.18. The molecule has 0 aromatic rings. The highest BCUT2D eigenvalue weighted by Gasteiger charge is 2.24. The van der Waals surface area contributed by atoms with Crippen molar-refractivity contribution in [2.75, 3.05) is 6.61 Å². The quantitative estimate of drug-likeness (QED) is 0.636. The summed E-state index contributed by atoms with van der Waals surface area (Å²) in [6.07, 6.45) is 1.25. The molecule has 0 saturated heterocycles. The third-order valence-corrected chi connectivity index (χ3v) is 2.52. The van der Waals surface area contributed by atoms with Crippen LogP contribution in [0.5, 0.6) is 0 Å². The Hall–Kier alpha value is -0.730. The van der Waals surface area contributed by atoms with Crippen LogP contribution in [0.2, 0.25) is 0 Å². The van der Waals surface area contributed by atoms with E-state index in [-0.39, 0.29) is 6.10 Å². The first kappa shape index (κ1) is 14.3. The third kappa shape index (κ3) is 5.65. The normalized spacial score (nSPS) is 14.8. The van der Waals surface area contributed by atoms with Gasteiger partial charge in [0.15, 0.2) is 0 Å². The summed E-state index contributed by atoms with van der Waals surface area (Å²) in [5.74, 6) is 0.702. The Morgan fingerprint density at radius 2 is 1.80 bits per heavy atom. The Morgan fingerprint density at radius 3 is 2.20 bits per heavy atom. The second-order valence-electron chi connectivity index (χ2n) is 4.31. The fraction of sp³-hybridized carbons (Fsp3) is 0.917. The van der Waals surface area contributed by atoms with E-state index in [1.54, 1.807) is 0 Å². The molecule has 0 aliphatic heterocycles. The monoisotopic (exact) mass is 216 g/mol. The number of hydrogen-bond acceptors (Lipinski definition) is 3. The summed E-state index contributed by atoms with van der Waals surface area (Å²) in [6.45, 7) is 10.7. The zero-order valence-corrected chi connectivity index (χ0v) is 10.6. The molecule has 0 heterocycles. The largest absolute Gasteiger partial charge is 0.508 e. The highest BCUT2D eigenvalue weighted by Crippen LogP contribution is 2.19. The minimum atomic E-state index is -0.532. The molecule has 0 N–H and O–H groups in total. The van der Waals surface area contributed by atoms with E-state index >= 15 is 0 Å². The fourth-order valence-electron chi connectivity index (χ4n) is 1.47. The summed E-state index contributed by atoms with van der Waals surface area (Å²) < 4.78 is 10.2. The Bertz CT molecular complexity index is 178. The van der Waals surface area contributed by atoms with Gasteiger partial charge in [0.05, 0.1) is 6.61 Å². The van der Waals surface area contributed by atoms with Crippen molar-refractivity contribution in [3.8, 4) is 0 Å².